The molecule has 0 amide bonds. The summed E-state index contributed by atoms with van der Waals surface area (Å²) in [7, 11) is 4.35. The van der Waals surface area contributed by atoms with Crippen LogP contribution in [-0.2, 0) is 10.7 Å². The van der Waals surface area contributed by atoms with E-state index in [9.17, 15) is 0 Å². The molecule has 0 radical (unpaired) electrons. The summed E-state index contributed by atoms with van der Waals surface area (Å²) in [4.78, 5) is 0. The predicted molar refractivity (Wildman–Crippen MR) is 150 cm³/mol. The number of hydrogen-bond acceptors (Lipinski definition) is 0. The Labute approximate surface area is 195 Å². The molecule has 0 atom stereocenters. The molecule has 0 aromatic heterocycles. The first kappa shape index (κ1) is 20.5. The summed E-state index contributed by atoms with van der Waals surface area (Å²) in [5.41, 5.74) is 5.68. The van der Waals surface area contributed by atoms with Crippen molar-refractivity contribution in [3.05, 3.63) is 59.7 Å². The van der Waals surface area contributed by atoms with Gasteiger partial charge in [-0.2, -0.15) is 0 Å². The summed E-state index contributed by atoms with van der Waals surface area (Å²) in [6, 6.07) is 19.1. The van der Waals surface area contributed by atoms with Crippen molar-refractivity contribution in [2.75, 3.05) is 0 Å². The quantitative estimate of drug-likeness (QED) is 0.232. The van der Waals surface area contributed by atoms with E-state index in [4.69, 9.17) is 0 Å². The highest BCUT2D eigenvalue weighted by Crippen LogP contribution is 2.39. The average molecular weight is 561 g/mol. The molecule has 0 saturated carbocycles. The molecule has 0 heterocycles. The van der Waals surface area contributed by atoms with Gasteiger partial charge in [-0.3, -0.25) is 0 Å². The molecular weight excluding hydrogens is 536 g/mol. The number of rotatable bonds is 3. The first-order chi connectivity index (χ1) is 13.4. The van der Waals surface area contributed by atoms with E-state index in [0.29, 0.717) is 0 Å². The van der Waals surface area contributed by atoms with Gasteiger partial charge in [0.15, 0.2) is 0 Å². The predicted octanol–water partition coefficient (Wildman–Crippen LogP) is -0.587. The Balaban J connectivity index is 2.24. The zero-order chi connectivity index (χ0) is 20.0. The molecule has 28 heavy (non-hydrogen) atoms. The molecule has 0 fully saturated rings. The van der Waals surface area contributed by atoms with Crippen LogP contribution in [0.25, 0.3) is 32.7 Å². The molecule has 4 aromatic rings. The largest absolute Gasteiger partial charge is 0.0876 e. The van der Waals surface area contributed by atoms with Crippen LogP contribution in [0, 0.1) is 0 Å². The van der Waals surface area contributed by atoms with E-state index in [0.717, 1.165) is 51.6 Å². The fraction of sp³-hybridized carbons (Fsp3) is 0.0909. The van der Waals surface area contributed by atoms with Crippen LogP contribution in [0.15, 0.2) is 48.5 Å². The maximum absolute atomic E-state index is 3.80. The lowest BCUT2D eigenvalue weighted by molar-refractivity contribution is 1.42. The Morgan fingerprint density at radius 2 is 0.929 bits per heavy atom. The fourth-order valence-electron chi connectivity index (χ4n) is 4.37. The molecule has 142 valence electrons. The van der Waals surface area contributed by atoms with Crippen LogP contribution in [0.4, 0.5) is 0 Å². The lowest BCUT2D eigenvalue weighted by atomic mass is 9.88. The van der Waals surface area contributed by atoms with Gasteiger partial charge in [-0.05, 0) is 43.8 Å². The number of halogens is 2. The van der Waals surface area contributed by atoms with Crippen molar-refractivity contribution < 1.29 is 0 Å². The van der Waals surface area contributed by atoms with Crippen LogP contribution in [0.1, 0.15) is 11.1 Å². The summed E-state index contributed by atoms with van der Waals surface area (Å²) in [6.07, 6.45) is 0. The molecular formula is C22H24Br2Si4. The van der Waals surface area contributed by atoms with Crippen LogP contribution in [0.5, 0.6) is 0 Å². The van der Waals surface area contributed by atoms with Crippen molar-refractivity contribution in [2.24, 2.45) is 0 Å². The first-order valence-corrected chi connectivity index (χ1v) is 15.9. The third kappa shape index (κ3) is 3.48. The summed E-state index contributed by atoms with van der Waals surface area (Å²) in [5.74, 6) is 0. The molecule has 0 aliphatic carbocycles. The second kappa shape index (κ2) is 8.16. The summed E-state index contributed by atoms with van der Waals surface area (Å²) < 4.78 is 0. The maximum Gasteiger partial charge on any atom is 0.0393 e. The Hall–Kier alpha value is -0.772. The van der Waals surface area contributed by atoms with E-state index in [2.05, 4.69) is 80.4 Å². The lowest BCUT2D eigenvalue weighted by Crippen LogP contribution is -2.14. The molecule has 0 unspecified atom stereocenters. The minimum absolute atomic E-state index is 0.890. The topological polar surface area (TPSA) is 0 Å². The van der Waals surface area contributed by atoms with Crippen molar-refractivity contribution in [2.45, 2.75) is 10.7 Å². The molecule has 0 bridgehead atoms. The zero-order valence-electron chi connectivity index (χ0n) is 16.8. The molecule has 4 aromatic carbocycles. The maximum atomic E-state index is 3.80. The van der Waals surface area contributed by atoms with Gasteiger partial charge in [0.05, 0.1) is 0 Å². The van der Waals surface area contributed by atoms with Crippen molar-refractivity contribution in [1.82, 2.24) is 0 Å². The van der Waals surface area contributed by atoms with Gasteiger partial charge in [0.25, 0.3) is 0 Å². The molecule has 6 heteroatoms. The third-order valence-electron chi connectivity index (χ3n) is 5.70. The Morgan fingerprint density at radius 3 is 1.29 bits per heavy atom. The summed E-state index contributed by atoms with van der Waals surface area (Å²) in [6.45, 7) is 0. The number of fused-ring (bicyclic) bond motifs is 2. The van der Waals surface area contributed by atoms with Gasteiger partial charge in [0.2, 0.25) is 0 Å². The second-order valence-electron chi connectivity index (χ2n) is 7.82. The van der Waals surface area contributed by atoms with Crippen LogP contribution in [0.2, 0.25) is 0 Å². The Morgan fingerprint density at radius 1 is 0.536 bits per heavy atom. The second-order valence-corrected chi connectivity index (χ2v) is 13.4. The smallest absolute Gasteiger partial charge is 0.0393 e. The fourth-order valence-corrected chi connectivity index (χ4v) is 7.69. The molecule has 4 rings (SSSR count). The van der Waals surface area contributed by atoms with Crippen molar-refractivity contribution in [3.63, 3.8) is 0 Å². The van der Waals surface area contributed by atoms with E-state index in [1.807, 2.05) is 0 Å². The van der Waals surface area contributed by atoms with Crippen molar-refractivity contribution in [1.29, 1.82) is 0 Å². The first-order valence-electron chi connectivity index (χ1n) is 9.62. The van der Waals surface area contributed by atoms with Gasteiger partial charge in [-0.1, -0.05) is 101 Å². The van der Waals surface area contributed by atoms with Gasteiger partial charge < -0.3 is 0 Å². The summed E-state index contributed by atoms with van der Waals surface area (Å²) in [5, 5.41) is 13.5. The van der Waals surface area contributed by atoms with E-state index in [1.54, 1.807) is 0 Å². The number of alkyl halides is 2. The van der Waals surface area contributed by atoms with Gasteiger partial charge in [0.1, 0.15) is 0 Å². The highest BCUT2D eigenvalue weighted by Gasteiger charge is 2.18. The monoisotopic (exact) mass is 558 g/mol. The Kier molecular flexibility index (Phi) is 5.97. The summed E-state index contributed by atoms with van der Waals surface area (Å²) >= 11 is 7.60. The van der Waals surface area contributed by atoms with Gasteiger partial charge in [0, 0.05) is 51.6 Å². The van der Waals surface area contributed by atoms with Crippen molar-refractivity contribution in [3.8, 4) is 11.1 Å². The molecule has 0 nitrogen and oxygen atoms in total. The van der Waals surface area contributed by atoms with Crippen molar-refractivity contribution >= 4 is 115 Å². The van der Waals surface area contributed by atoms with Gasteiger partial charge >= 0.3 is 0 Å². The highest BCUT2D eigenvalue weighted by atomic mass is 79.9. The van der Waals surface area contributed by atoms with Gasteiger partial charge in [-0.15, -0.1) is 0 Å². The molecule has 0 aliphatic rings. The number of benzene rings is 4. The average Bonchev–Trinajstić information content (AvgIpc) is 2.69. The van der Waals surface area contributed by atoms with Crippen LogP contribution in [0.3, 0.4) is 0 Å². The van der Waals surface area contributed by atoms with Crippen LogP contribution in [-0.4, -0.2) is 41.0 Å². The Bertz CT molecular complexity index is 1140. The third-order valence-corrected chi connectivity index (χ3v) is 9.81. The standard InChI is InChI=1S/C22H24Br2Si4/c23-9-11-5-19(27)17-7-13(25)1-3-15(17)21(11)22-12(10-24)6-20(28)18-8-14(26)2-4-16(18)22/h1-8H,9-10H2,25-28H3. The minimum Gasteiger partial charge on any atom is -0.0876 e. The molecule has 0 saturated heterocycles. The van der Waals surface area contributed by atoms with Crippen LogP contribution >= 0.6 is 31.9 Å². The highest BCUT2D eigenvalue weighted by molar-refractivity contribution is 9.08. The van der Waals surface area contributed by atoms with Crippen LogP contribution < -0.4 is 20.7 Å². The molecule has 0 spiro atoms. The molecule has 0 aliphatic heterocycles. The number of hydrogen-bond donors (Lipinski definition) is 0. The van der Waals surface area contributed by atoms with E-state index in [1.165, 1.54) is 64.5 Å². The minimum atomic E-state index is 0.890. The normalized spacial score (nSPS) is 11.9. The lowest BCUT2D eigenvalue weighted by Gasteiger charge is -2.21. The van der Waals surface area contributed by atoms with Gasteiger partial charge in [-0.25, -0.2) is 0 Å². The zero-order valence-corrected chi connectivity index (χ0v) is 28.0. The van der Waals surface area contributed by atoms with E-state index in [-0.39, 0.29) is 0 Å². The van der Waals surface area contributed by atoms with E-state index < -0.39 is 0 Å². The molecule has 0 N–H and O–H groups in total. The SMILES string of the molecule is [SiH3]c1ccc2c(-c3c(CBr)cc([SiH3])c4cc([SiH3])ccc34)c(CBr)cc([SiH3])c2c1. The van der Waals surface area contributed by atoms with E-state index >= 15 is 0 Å².